The average molecular weight is 620 g/mol. The zero-order valence-corrected chi connectivity index (χ0v) is 27.9. The number of benzene rings is 1. The van der Waals surface area contributed by atoms with E-state index in [4.69, 9.17) is 9.73 Å². The second-order valence-electron chi connectivity index (χ2n) is 14.1. The molecule has 0 spiro atoms. The van der Waals surface area contributed by atoms with Gasteiger partial charge < -0.3 is 9.72 Å². The van der Waals surface area contributed by atoms with Crippen molar-refractivity contribution >= 4 is 11.3 Å². The summed E-state index contributed by atoms with van der Waals surface area (Å²) in [6.07, 6.45) is 3.19. The molecule has 7 heteroatoms. The molecule has 5 rings (SSSR count). The molecule has 242 valence electrons. The van der Waals surface area contributed by atoms with Gasteiger partial charge in [-0.25, -0.2) is 0 Å². The third-order valence-corrected chi connectivity index (χ3v) is 10.4. The lowest BCUT2D eigenvalue weighted by Crippen LogP contribution is -2.27. The Kier molecular flexibility index (Phi) is 9.73. The highest BCUT2D eigenvalue weighted by Crippen LogP contribution is 2.52. The zero-order chi connectivity index (χ0) is 32.6. The number of aliphatic imine (C=N–C) groups is 1. The molecule has 2 aromatic rings. The van der Waals surface area contributed by atoms with E-state index in [0.29, 0.717) is 40.5 Å². The van der Waals surface area contributed by atoms with Crippen molar-refractivity contribution in [2.45, 2.75) is 111 Å². The molecular weight excluding hydrogens is 571 g/mol. The second-order valence-corrected chi connectivity index (χ2v) is 14.1. The van der Waals surface area contributed by atoms with Gasteiger partial charge in [0, 0.05) is 11.3 Å². The van der Waals surface area contributed by atoms with Crippen LogP contribution in [0.2, 0.25) is 0 Å². The summed E-state index contributed by atoms with van der Waals surface area (Å²) in [6.45, 7) is 12.1. The first-order chi connectivity index (χ1) is 21.4. The minimum atomic E-state index is -4.54. The number of aromatic nitrogens is 1. The van der Waals surface area contributed by atoms with E-state index in [9.17, 15) is 5.26 Å². The first-order valence-corrected chi connectivity index (χ1v) is 16.8. The molecule has 4 atom stereocenters. The number of hydrogen-bond donors (Lipinski definition) is 1. The fourth-order valence-corrected chi connectivity index (χ4v) is 8.06. The number of methoxy groups -OCH3 is 1. The number of alkyl halides is 3. The highest BCUT2D eigenvalue weighted by Gasteiger charge is 2.48. The number of nitrogens with one attached hydrogen (secondary N) is 1. The molecule has 0 radical (unpaired) electrons. The van der Waals surface area contributed by atoms with E-state index in [0.717, 1.165) is 67.5 Å². The Bertz CT molecular complexity index is 1530. The molecule has 0 amide bonds. The van der Waals surface area contributed by atoms with Gasteiger partial charge in [0.05, 0.1) is 35.3 Å². The van der Waals surface area contributed by atoms with E-state index in [1.54, 1.807) is 21.0 Å². The van der Waals surface area contributed by atoms with Crippen LogP contribution in [-0.4, -0.2) is 24.0 Å². The molecule has 45 heavy (non-hydrogen) atoms. The van der Waals surface area contributed by atoms with Gasteiger partial charge in [0.1, 0.15) is 11.8 Å². The summed E-state index contributed by atoms with van der Waals surface area (Å²) in [4.78, 5) is 8.68. The van der Waals surface area contributed by atoms with Crippen LogP contribution in [0, 0.1) is 35.0 Å². The van der Waals surface area contributed by atoms with E-state index in [2.05, 4.69) is 38.7 Å². The van der Waals surface area contributed by atoms with Gasteiger partial charge in [0.2, 0.25) is 0 Å². The van der Waals surface area contributed by atoms with Gasteiger partial charge in [-0.05, 0) is 77.2 Å². The van der Waals surface area contributed by atoms with Crippen LogP contribution in [0.1, 0.15) is 133 Å². The van der Waals surface area contributed by atoms with Crippen LogP contribution in [-0.2, 0) is 0 Å². The third kappa shape index (κ3) is 6.27. The number of hydrogen-bond acceptors (Lipinski definition) is 3. The maximum Gasteiger partial charge on any atom is 0.418 e. The number of nitrogens with zero attached hydrogens (tertiary/aromatic N) is 2. The Morgan fingerprint density at radius 1 is 0.911 bits per heavy atom. The van der Waals surface area contributed by atoms with Gasteiger partial charge in [-0.1, -0.05) is 92.2 Å². The van der Waals surface area contributed by atoms with Crippen LogP contribution in [0.15, 0.2) is 46.1 Å². The SMILES string of the molecule is COc1ccc(C(=C2N=C(C(C)C)C(C(F)(F)F)=C2C2CCCCC2C)c2[nH]c(C(C)C)c(C#N)c2C2CCCCC2C)cc1. The molecule has 0 saturated heterocycles. The standard InChI is InChI=1S/C38H48F3N3O/c1-21(2)34-29(20-42)31(27-14-10-8-12-23(27)5)36(43-34)30(25-16-18-26(45-7)19-17-25)37-32(28-15-11-9-13-24(28)6)33(38(39,40)41)35(44-37)22(3)4/h16-19,21-24,27-28,43H,8-15H2,1-7H3. The molecule has 3 aliphatic rings. The summed E-state index contributed by atoms with van der Waals surface area (Å²) in [5, 5.41) is 10.6. The lowest BCUT2D eigenvalue weighted by atomic mass is 9.72. The number of ether oxygens (including phenoxy) is 1. The molecule has 2 heterocycles. The van der Waals surface area contributed by atoms with Crippen LogP contribution in [0.4, 0.5) is 13.2 Å². The minimum absolute atomic E-state index is 0.0329. The lowest BCUT2D eigenvalue weighted by molar-refractivity contribution is -0.0873. The zero-order valence-electron chi connectivity index (χ0n) is 27.9. The van der Waals surface area contributed by atoms with Crippen molar-refractivity contribution in [1.29, 1.82) is 5.26 Å². The van der Waals surface area contributed by atoms with E-state index in [1.165, 1.54) is 0 Å². The fourth-order valence-electron chi connectivity index (χ4n) is 8.06. The maximum absolute atomic E-state index is 15.3. The van der Waals surface area contributed by atoms with Crippen LogP contribution in [0.25, 0.3) is 5.57 Å². The van der Waals surface area contributed by atoms with Gasteiger partial charge in [-0.15, -0.1) is 0 Å². The van der Waals surface area contributed by atoms with Crippen molar-refractivity contribution in [3.05, 3.63) is 69.2 Å². The van der Waals surface area contributed by atoms with Crippen molar-refractivity contribution in [2.75, 3.05) is 7.11 Å². The Morgan fingerprint density at radius 3 is 1.98 bits per heavy atom. The molecule has 0 bridgehead atoms. The molecule has 1 aromatic carbocycles. The predicted octanol–water partition coefficient (Wildman–Crippen LogP) is 10.9. The fraction of sp³-hybridized carbons (Fsp3) is 0.579. The van der Waals surface area contributed by atoms with Crippen molar-refractivity contribution in [3.63, 3.8) is 0 Å². The van der Waals surface area contributed by atoms with Gasteiger partial charge >= 0.3 is 6.18 Å². The number of halogens is 3. The third-order valence-electron chi connectivity index (χ3n) is 10.4. The summed E-state index contributed by atoms with van der Waals surface area (Å²) in [5.41, 5.74) is 4.93. The molecule has 2 aliphatic carbocycles. The van der Waals surface area contributed by atoms with Crippen LogP contribution < -0.4 is 4.74 Å². The van der Waals surface area contributed by atoms with Gasteiger partial charge in [-0.3, -0.25) is 4.99 Å². The van der Waals surface area contributed by atoms with Gasteiger partial charge in [0.15, 0.2) is 0 Å². The van der Waals surface area contributed by atoms with E-state index < -0.39 is 17.7 Å². The highest BCUT2D eigenvalue weighted by atomic mass is 19.4. The molecule has 4 unspecified atom stereocenters. The number of aromatic amines is 1. The second kappa shape index (κ2) is 13.2. The average Bonchev–Trinajstić information content (AvgIpc) is 3.58. The Labute approximate surface area is 266 Å². The number of allylic oxidation sites excluding steroid dienone is 2. The van der Waals surface area contributed by atoms with Crippen molar-refractivity contribution in [1.82, 2.24) is 4.98 Å². The molecular formula is C38H48F3N3O. The van der Waals surface area contributed by atoms with Crippen LogP contribution >= 0.6 is 0 Å². The summed E-state index contributed by atoms with van der Waals surface area (Å²) < 4.78 is 51.3. The van der Waals surface area contributed by atoms with Crippen LogP contribution in [0.3, 0.4) is 0 Å². The van der Waals surface area contributed by atoms with Crippen LogP contribution in [0.5, 0.6) is 5.75 Å². The molecule has 2 saturated carbocycles. The molecule has 2 fully saturated rings. The first-order valence-electron chi connectivity index (χ1n) is 16.8. The molecule has 1 aromatic heterocycles. The summed E-state index contributed by atoms with van der Waals surface area (Å²) >= 11 is 0. The highest BCUT2D eigenvalue weighted by molar-refractivity contribution is 6.09. The van der Waals surface area contributed by atoms with Gasteiger partial charge in [-0.2, -0.15) is 18.4 Å². The summed E-state index contributed by atoms with van der Waals surface area (Å²) in [7, 11) is 1.60. The Balaban J connectivity index is 1.95. The minimum Gasteiger partial charge on any atom is -0.497 e. The van der Waals surface area contributed by atoms with Crippen molar-refractivity contribution in [2.24, 2.45) is 28.7 Å². The van der Waals surface area contributed by atoms with Crippen molar-refractivity contribution < 1.29 is 17.9 Å². The first kappa shape index (κ1) is 33.1. The Hall–Kier alpha value is -3.27. The topological polar surface area (TPSA) is 61.2 Å². The number of H-pyrrole nitrogens is 1. The Morgan fingerprint density at radius 2 is 1.49 bits per heavy atom. The van der Waals surface area contributed by atoms with Gasteiger partial charge in [0.25, 0.3) is 0 Å². The normalized spacial score (nSPS) is 25.5. The van der Waals surface area contributed by atoms with E-state index in [1.807, 2.05) is 24.3 Å². The smallest absolute Gasteiger partial charge is 0.418 e. The summed E-state index contributed by atoms with van der Waals surface area (Å²) in [5.74, 6) is 0.604. The molecule has 1 N–H and O–H groups in total. The number of nitriles is 1. The largest absolute Gasteiger partial charge is 0.497 e. The predicted molar refractivity (Wildman–Crippen MR) is 175 cm³/mol. The van der Waals surface area contributed by atoms with E-state index >= 15 is 13.2 Å². The number of rotatable bonds is 7. The maximum atomic E-state index is 15.3. The molecule has 1 aliphatic heterocycles. The lowest BCUT2D eigenvalue weighted by Gasteiger charge is -2.33. The monoisotopic (exact) mass is 619 g/mol. The summed E-state index contributed by atoms with van der Waals surface area (Å²) in [6, 6.07) is 10.1. The van der Waals surface area contributed by atoms with E-state index in [-0.39, 0.29) is 29.4 Å². The molecule has 4 nitrogen and oxygen atoms in total. The van der Waals surface area contributed by atoms with Crippen molar-refractivity contribution in [3.8, 4) is 11.8 Å². The quantitative estimate of drug-likeness (QED) is 0.335.